The van der Waals surface area contributed by atoms with Crippen molar-refractivity contribution in [3.05, 3.63) is 91.3 Å². The van der Waals surface area contributed by atoms with Gasteiger partial charge in [0.2, 0.25) is 11.8 Å². The lowest BCUT2D eigenvalue weighted by molar-refractivity contribution is 0.385. The SMILES string of the molecule is COc1nc(Oc2ccc(F)cc2)ccc1-c1nccc2cc(S(=O)(=O)Nc3ccncn3)ccc12. The molecule has 5 aromatic rings. The number of methoxy groups -OCH3 is 1. The molecule has 0 unspecified atom stereocenters. The molecule has 0 saturated heterocycles. The van der Waals surface area contributed by atoms with Gasteiger partial charge in [0, 0.05) is 23.8 Å². The van der Waals surface area contributed by atoms with Crippen molar-refractivity contribution in [2.24, 2.45) is 0 Å². The van der Waals surface area contributed by atoms with E-state index in [9.17, 15) is 12.8 Å². The summed E-state index contributed by atoms with van der Waals surface area (Å²) in [7, 11) is -2.40. The Morgan fingerprint density at radius 2 is 1.75 bits per heavy atom. The van der Waals surface area contributed by atoms with Gasteiger partial charge >= 0.3 is 0 Å². The number of halogens is 1. The number of rotatable bonds is 7. The Bertz CT molecular complexity index is 1650. The van der Waals surface area contributed by atoms with Crippen molar-refractivity contribution in [2.45, 2.75) is 4.90 Å². The van der Waals surface area contributed by atoms with Crippen LogP contribution in [0.3, 0.4) is 0 Å². The number of pyridine rings is 2. The van der Waals surface area contributed by atoms with Crippen molar-refractivity contribution in [3.63, 3.8) is 0 Å². The van der Waals surface area contributed by atoms with E-state index < -0.39 is 10.0 Å². The molecule has 0 aliphatic heterocycles. The van der Waals surface area contributed by atoms with Gasteiger partial charge in [-0.1, -0.05) is 6.07 Å². The molecule has 1 N–H and O–H groups in total. The quantitative estimate of drug-likeness (QED) is 0.336. The van der Waals surface area contributed by atoms with E-state index in [1.165, 1.54) is 56.0 Å². The van der Waals surface area contributed by atoms with Gasteiger partial charge in [0.15, 0.2) is 0 Å². The van der Waals surface area contributed by atoms with E-state index >= 15 is 0 Å². The first-order valence-electron chi connectivity index (χ1n) is 10.6. The zero-order valence-electron chi connectivity index (χ0n) is 18.8. The molecule has 3 aromatic heterocycles. The van der Waals surface area contributed by atoms with Gasteiger partial charge in [-0.2, -0.15) is 4.98 Å². The number of ether oxygens (including phenoxy) is 2. The molecule has 3 heterocycles. The normalized spacial score (nSPS) is 11.3. The van der Waals surface area contributed by atoms with Gasteiger partial charge in [-0.05, 0) is 60.0 Å². The highest BCUT2D eigenvalue weighted by molar-refractivity contribution is 7.92. The van der Waals surface area contributed by atoms with Crippen LogP contribution in [0, 0.1) is 5.82 Å². The summed E-state index contributed by atoms with van der Waals surface area (Å²) < 4.78 is 52.5. The first-order chi connectivity index (χ1) is 17.4. The summed E-state index contributed by atoms with van der Waals surface area (Å²) in [6.07, 6.45) is 4.28. The number of nitrogens with one attached hydrogen (secondary N) is 1. The van der Waals surface area contributed by atoms with Crippen molar-refractivity contribution in [1.29, 1.82) is 0 Å². The number of fused-ring (bicyclic) bond motifs is 1. The molecule has 11 heteroatoms. The molecule has 0 amide bonds. The highest BCUT2D eigenvalue weighted by atomic mass is 32.2. The van der Waals surface area contributed by atoms with E-state index in [1.807, 2.05) is 0 Å². The van der Waals surface area contributed by atoms with E-state index in [0.29, 0.717) is 27.8 Å². The molecule has 0 spiro atoms. The molecule has 180 valence electrons. The summed E-state index contributed by atoms with van der Waals surface area (Å²) in [5.74, 6) is 0.736. The number of sulfonamides is 1. The van der Waals surface area contributed by atoms with E-state index in [2.05, 4.69) is 24.7 Å². The van der Waals surface area contributed by atoms with E-state index in [0.717, 1.165) is 0 Å². The van der Waals surface area contributed by atoms with Gasteiger partial charge in [0.05, 0.1) is 23.3 Å². The molecule has 9 nitrogen and oxygen atoms in total. The second-order valence-electron chi connectivity index (χ2n) is 7.50. The van der Waals surface area contributed by atoms with Gasteiger partial charge in [0.25, 0.3) is 10.0 Å². The minimum absolute atomic E-state index is 0.0684. The average Bonchev–Trinajstić information content (AvgIpc) is 2.89. The van der Waals surface area contributed by atoms with Crippen LogP contribution in [0.25, 0.3) is 22.0 Å². The number of hydrogen-bond acceptors (Lipinski definition) is 8. The lowest BCUT2D eigenvalue weighted by atomic mass is 10.1. The van der Waals surface area contributed by atoms with Crippen LogP contribution in [0.1, 0.15) is 0 Å². The van der Waals surface area contributed by atoms with Crippen LogP contribution in [-0.4, -0.2) is 35.5 Å². The molecule has 5 rings (SSSR count). The third-order valence-electron chi connectivity index (χ3n) is 5.19. The number of anilines is 1. The molecule has 0 aliphatic carbocycles. The summed E-state index contributed by atoms with van der Waals surface area (Å²) in [6, 6.07) is 16.9. The predicted octanol–water partition coefficient (Wildman–Crippen LogP) is 4.83. The monoisotopic (exact) mass is 503 g/mol. The molecule has 0 saturated carbocycles. The van der Waals surface area contributed by atoms with E-state index in [1.54, 1.807) is 36.5 Å². The van der Waals surface area contributed by atoms with Crippen LogP contribution in [-0.2, 0) is 10.0 Å². The summed E-state index contributed by atoms with van der Waals surface area (Å²) in [5.41, 5.74) is 1.14. The lowest BCUT2D eigenvalue weighted by Gasteiger charge is -2.13. The lowest BCUT2D eigenvalue weighted by Crippen LogP contribution is -2.13. The topological polar surface area (TPSA) is 116 Å². The van der Waals surface area contributed by atoms with Gasteiger partial charge in [-0.3, -0.25) is 9.71 Å². The number of nitrogens with zero attached hydrogens (tertiary/aromatic N) is 4. The Kier molecular flexibility index (Phi) is 6.13. The van der Waals surface area contributed by atoms with Crippen LogP contribution in [0.15, 0.2) is 90.3 Å². The third kappa shape index (κ3) is 4.77. The van der Waals surface area contributed by atoms with Crippen molar-refractivity contribution < 1.29 is 22.3 Å². The van der Waals surface area contributed by atoms with Gasteiger partial charge in [-0.25, -0.2) is 22.8 Å². The fraction of sp³-hybridized carbons (Fsp3) is 0.0400. The summed E-state index contributed by atoms with van der Waals surface area (Å²) in [5, 5.41) is 1.35. The maximum atomic E-state index is 13.2. The Morgan fingerprint density at radius 3 is 2.50 bits per heavy atom. The molecular weight excluding hydrogens is 485 g/mol. The highest BCUT2D eigenvalue weighted by Crippen LogP contribution is 2.35. The van der Waals surface area contributed by atoms with E-state index in [4.69, 9.17) is 9.47 Å². The smallest absolute Gasteiger partial charge is 0.263 e. The Labute approximate surface area is 205 Å². The number of benzene rings is 2. The average molecular weight is 504 g/mol. The molecule has 0 radical (unpaired) electrons. The summed E-state index contributed by atoms with van der Waals surface area (Å²) >= 11 is 0. The van der Waals surface area contributed by atoms with Crippen LogP contribution < -0.4 is 14.2 Å². The van der Waals surface area contributed by atoms with Crippen molar-refractivity contribution in [3.8, 4) is 28.8 Å². The number of hydrogen-bond donors (Lipinski definition) is 1. The van der Waals surface area contributed by atoms with Crippen LogP contribution in [0.2, 0.25) is 0 Å². The maximum Gasteiger partial charge on any atom is 0.263 e. The van der Waals surface area contributed by atoms with Crippen molar-refractivity contribution in [2.75, 3.05) is 11.8 Å². The Balaban J connectivity index is 1.49. The molecule has 2 aromatic carbocycles. The van der Waals surface area contributed by atoms with Crippen molar-refractivity contribution >= 4 is 26.6 Å². The Hall–Kier alpha value is -4.64. The van der Waals surface area contributed by atoms with Gasteiger partial charge < -0.3 is 9.47 Å². The van der Waals surface area contributed by atoms with Gasteiger partial charge in [-0.15, -0.1) is 0 Å². The molecule has 0 atom stereocenters. The molecule has 0 bridgehead atoms. The molecule has 0 aliphatic rings. The van der Waals surface area contributed by atoms with E-state index in [-0.39, 0.29) is 28.3 Å². The molecular formula is C25H18FN5O4S. The summed E-state index contributed by atoms with van der Waals surface area (Å²) in [6.45, 7) is 0. The predicted molar refractivity (Wildman–Crippen MR) is 131 cm³/mol. The first-order valence-corrected chi connectivity index (χ1v) is 12.1. The van der Waals surface area contributed by atoms with Gasteiger partial charge in [0.1, 0.15) is 23.7 Å². The van der Waals surface area contributed by atoms with Crippen LogP contribution >= 0.6 is 0 Å². The minimum atomic E-state index is -3.87. The molecule has 36 heavy (non-hydrogen) atoms. The highest BCUT2D eigenvalue weighted by Gasteiger charge is 2.18. The van der Waals surface area contributed by atoms with Crippen LogP contribution in [0.4, 0.5) is 10.2 Å². The third-order valence-corrected chi connectivity index (χ3v) is 6.54. The molecule has 0 fully saturated rings. The zero-order valence-corrected chi connectivity index (χ0v) is 19.6. The fourth-order valence-corrected chi connectivity index (χ4v) is 4.57. The fourth-order valence-electron chi connectivity index (χ4n) is 3.52. The standard InChI is InChI=1S/C25H18FN5O4S/c1-34-25-21(8-9-23(30-25)35-18-4-2-17(26)3-5-18)24-20-7-6-19(14-16(20)10-13-28-24)36(32,33)31-22-11-12-27-15-29-22/h2-15H,1H3,(H,27,29,31). The zero-order chi connectivity index (χ0) is 25.1. The minimum Gasteiger partial charge on any atom is -0.480 e. The number of aromatic nitrogens is 4. The first kappa shape index (κ1) is 23.1. The second-order valence-corrected chi connectivity index (χ2v) is 9.19. The Morgan fingerprint density at radius 1 is 0.917 bits per heavy atom. The summed E-state index contributed by atoms with van der Waals surface area (Å²) in [4.78, 5) is 16.6. The van der Waals surface area contributed by atoms with Crippen LogP contribution in [0.5, 0.6) is 17.5 Å². The largest absolute Gasteiger partial charge is 0.480 e. The van der Waals surface area contributed by atoms with Crippen molar-refractivity contribution in [1.82, 2.24) is 19.9 Å². The maximum absolute atomic E-state index is 13.2. The second kappa shape index (κ2) is 9.55.